The van der Waals surface area contributed by atoms with Crippen molar-refractivity contribution in [2.75, 3.05) is 5.32 Å². The summed E-state index contributed by atoms with van der Waals surface area (Å²) in [4.78, 5) is 16.2. The molecule has 1 saturated heterocycles. The predicted octanol–water partition coefficient (Wildman–Crippen LogP) is 0.732. The van der Waals surface area contributed by atoms with Crippen molar-refractivity contribution < 1.29 is 21.1 Å². The van der Waals surface area contributed by atoms with Gasteiger partial charge in [-0.15, -0.1) is 0 Å². The molecule has 3 N–H and O–H groups in total. The molecule has 3 heterocycles. The van der Waals surface area contributed by atoms with Crippen LogP contribution in [-0.2, 0) is 4.74 Å². The molecule has 0 saturated carbocycles. The van der Waals surface area contributed by atoms with Gasteiger partial charge in [0.2, 0.25) is 0 Å². The number of benzene rings is 1. The van der Waals surface area contributed by atoms with E-state index < -0.39 is 30.2 Å². The van der Waals surface area contributed by atoms with E-state index in [4.69, 9.17) is 10.8 Å². The van der Waals surface area contributed by atoms with Gasteiger partial charge in [-0.1, -0.05) is 12.1 Å². The van der Waals surface area contributed by atoms with Gasteiger partial charge >= 0.3 is 5.69 Å². The third-order valence-corrected chi connectivity index (χ3v) is 3.89. The largest absolute Gasteiger partial charge is 0.450 e. The molecule has 0 amide bonds. The first-order valence-electron chi connectivity index (χ1n) is 7.77. The van der Waals surface area contributed by atoms with Gasteiger partial charge in [-0.2, -0.15) is 4.98 Å². The second-order valence-corrected chi connectivity index (χ2v) is 5.41. The molecule has 8 nitrogen and oxygen atoms in total. The van der Waals surface area contributed by atoms with Gasteiger partial charge in [0.05, 0.1) is 18.0 Å². The molecule has 4 rings (SSSR count). The summed E-state index contributed by atoms with van der Waals surface area (Å²) < 4.78 is 19.5. The number of para-hydroxylation sites is 2. The van der Waals surface area contributed by atoms with E-state index in [9.17, 15) is 15.0 Å². The highest BCUT2D eigenvalue weighted by atomic mass is 16.6. The van der Waals surface area contributed by atoms with Gasteiger partial charge in [0.25, 0.3) is 0 Å². The second-order valence-electron chi connectivity index (χ2n) is 5.41. The Hall–Kier alpha value is -2.42. The zero-order valence-corrected chi connectivity index (χ0v) is 11.9. The Morgan fingerprint density at radius 3 is 2.91 bits per heavy atom. The number of fused-ring (bicyclic) bond motifs is 2. The zero-order valence-electron chi connectivity index (χ0n) is 12.9. The van der Waals surface area contributed by atoms with Crippen LogP contribution in [0.4, 0.5) is 11.5 Å². The predicted molar refractivity (Wildman–Crippen MR) is 79.9 cm³/mol. The topological polar surface area (TPSA) is 106 Å². The normalized spacial score (nSPS) is 29.0. The first-order valence-corrected chi connectivity index (χ1v) is 7.06. The van der Waals surface area contributed by atoms with E-state index in [1.54, 1.807) is 12.1 Å². The van der Waals surface area contributed by atoms with Crippen molar-refractivity contribution in [2.45, 2.75) is 31.4 Å². The van der Waals surface area contributed by atoms with Crippen molar-refractivity contribution in [3.63, 3.8) is 0 Å². The fourth-order valence-electron chi connectivity index (χ4n) is 2.66. The maximum atomic E-state index is 12.3. The van der Waals surface area contributed by atoms with Crippen LogP contribution in [0.15, 0.2) is 35.3 Å². The van der Waals surface area contributed by atoms with Gasteiger partial charge in [0.15, 0.2) is 23.5 Å². The summed E-state index contributed by atoms with van der Waals surface area (Å²) in [6.45, 7) is -0.229. The highest BCUT2D eigenvalue weighted by molar-refractivity contribution is 5.72. The van der Waals surface area contributed by atoms with Crippen LogP contribution in [0.1, 0.15) is 14.5 Å². The summed E-state index contributed by atoms with van der Waals surface area (Å²) in [5, 5.41) is 23.0. The fourth-order valence-corrected chi connectivity index (χ4v) is 2.66. The van der Waals surface area contributed by atoms with Gasteiger partial charge < -0.3 is 25.0 Å². The Morgan fingerprint density at radius 2 is 2.13 bits per heavy atom. The average Bonchev–Trinajstić information content (AvgIpc) is 2.87. The maximum absolute atomic E-state index is 12.3. The van der Waals surface area contributed by atoms with Gasteiger partial charge in [-0.3, -0.25) is 4.57 Å². The van der Waals surface area contributed by atoms with Crippen LogP contribution < -0.4 is 15.7 Å². The van der Waals surface area contributed by atoms with Crippen molar-refractivity contribution in [3.05, 3.63) is 40.9 Å². The second kappa shape index (κ2) is 5.05. The molecule has 0 spiro atoms. The summed E-state index contributed by atoms with van der Waals surface area (Å²) in [5.41, 5.74) is 0.0302. The number of aliphatic hydroxyl groups excluding tert-OH is 2. The number of anilines is 2. The molecule has 0 radical (unpaired) electrons. The molecule has 1 aromatic heterocycles. The third kappa shape index (κ3) is 2.19. The monoisotopic (exact) mass is 318 g/mol. The van der Waals surface area contributed by atoms with Crippen molar-refractivity contribution in [3.8, 4) is 11.5 Å². The number of ether oxygens (including phenoxy) is 2. The van der Waals surface area contributed by atoms with E-state index in [0.717, 1.165) is 4.57 Å². The number of nitrogens with zero attached hydrogens (tertiary/aromatic N) is 2. The number of aliphatic hydroxyl groups is 2. The Morgan fingerprint density at radius 1 is 1.30 bits per heavy atom. The fraction of sp³-hybridized carbons (Fsp3) is 0.333. The van der Waals surface area contributed by atoms with Crippen LogP contribution in [0.3, 0.4) is 0 Å². The molecule has 4 atom stereocenters. The van der Waals surface area contributed by atoms with Crippen LogP contribution in [0, 0.1) is 0 Å². The van der Waals surface area contributed by atoms with Crippen molar-refractivity contribution in [1.82, 2.24) is 9.55 Å². The number of nitrogens with one attached hydrogen (secondary N) is 1. The summed E-state index contributed by atoms with van der Waals surface area (Å²) in [7, 11) is 0. The lowest BCUT2D eigenvalue weighted by Crippen LogP contribution is -2.35. The molecule has 1 aromatic carbocycles. The molecule has 2 aliphatic rings. The lowest BCUT2D eigenvalue weighted by atomic mass is 10.1. The van der Waals surface area contributed by atoms with E-state index in [-0.39, 0.29) is 12.7 Å². The van der Waals surface area contributed by atoms with Crippen LogP contribution in [0.5, 0.6) is 11.5 Å². The molecule has 120 valence electrons. The Kier molecular flexibility index (Phi) is 2.87. The third-order valence-electron chi connectivity index (χ3n) is 3.89. The Balaban J connectivity index is 1.72. The number of hydrogen-bond donors (Lipinski definition) is 3. The Labute approximate surface area is 132 Å². The van der Waals surface area contributed by atoms with Crippen LogP contribution in [0.2, 0.25) is 0 Å². The number of hydrogen-bond acceptors (Lipinski definition) is 7. The summed E-state index contributed by atoms with van der Waals surface area (Å²) in [6.07, 6.45) is -3.19. The quantitative estimate of drug-likeness (QED) is 0.607. The van der Waals surface area contributed by atoms with Crippen LogP contribution >= 0.6 is 0 Å². The molecular formula is C15H15N3O5. The summed E-state index contributed by atoms with van der Waals surface area (Å²) >= 11 is 0. The first kappa shape index (κ1) is 13.1. The van der Waals surface area contributed by atoms with E-state index in [1.165, 1.54) is 6.20 Å². The summed E-state index contributed by atoms with van der Waals surface area (Å²) in [5.74, 6) is 1.14. The SMILES string of the molecule is [2H]C[C@H]1O[C@@H](n2cc3c(nc2=O)Nc2ccccc2O3)C(O)[C@H]1O. The van der Waals surface area contributed by atoms with Crippen molar-refractivity contribution in [1.29, 1.82) is 0 Å². The van der Waals surface area contributed by atoms with Crippen molar-refractivity contribution >= 4 is 11.5 Å². The highest BCUT2D eigenvalue weighted by Gasteiger charge is 2.42. The Bertz CT molecular complexity index is 842. The summed E-state index contributed by atoms with van der Waals surface area (Å²) in [6, 6.07) is 7.20. The van der Waals surface area contributed by atoms with Gasteiger partial charge in [0.1, 0.15) is 12.2 Å². The lowest BCUT2D eigenvalue weighted by Gasteiger charge is -2.23. The van der Waals surface area contributed by atoms with Crippen LogP contribution in [-0.4, -0.2) is 38.1 Å². The maximum Gasteiger partial charge on any atom is 0.351 e. The smallest absolute Gasteiger partial charge is 0.351 e. The van der Waals surface area contributed by atoms with Crippen molar-refractivity contribution in [2.24, 2.45) is 0 Å². The zero-order chi connectivity index (χ0) is 16.8. The lowest BCUT2D eigenvalue weighted by molar-refractivity contribution is -0.0352. The molecule has 23 heavy (non-hydrogen) atoms. The minimum Gasteiger partial charge on any atom is -0.450 e. The van der Waals surface area contributed by atoms with E-state index in [2.05, 4.69) is 10.3 Å². The standard InChI is InChI=1S/C15H15N3O5/c1-7-11(19)12(20)14(22-7)18-6-10-13(17-15(18)21)16-8-4-2-3-5-9(8)23-10/h2-7,11-12,14,19-20H,1H3,(H,16,17,21)/t7-,11+,12?,14-/m1/s1/i1D. The highest BCUT2D eigenvalue weighted by Crippen LogP contribution is 2.40. The molecule has 2 aliphatic heterocycles. The first-order chi connectivity index (χ1) is 11.6. The molecule has 1 unspecified atom stereocenters. The van der Waals surface area contributed by atoms with Crippen LogP contribution in [0.25, 0.3) is 0 Å². The molecule has 0 aliphatic carbocycles. The minimum absolute atomic E-state index is 0.229. The average molecular weight is 318 g/mol. The number of aromatic nitrogens is 2. The van der Waals surface area contributed by atoms with E-state index in [1.807, 2.05) is 12.1 Å². The molecule has 0 bridgehead atoms. The molecule has 2 aromatic rings. The van der Waals surface area contributed by atoms with E-state index in [0.29, 0.717) is 17.2 Å². The molecule has 1 fully saturated rings. The number of rotatable bonds is 1. The molecular weight excluding hydrogens is 302 g/mol. The van der Waals surface area contributed by atoms with Gasteiger partial charge in [-0.05, 0) is 19.0 Å². The minimum atomic E-state index is -1.33. The molecule has 8 heteroatoms. The van der Waals surface area contributed by atoms with Gasteiger partial charge in [0, 0.05) is 1.37 Å². The van der Waals surface area contributed by atoms with E-state index >= 15 is 0 Å². The van der Waals surface area contributed by atoms with Gasteiger partial charge in [-0.25, -0.2) is 4.79 Å².